The van der Waals surface area contributed by atoms with Crippen LogP contribution in [0.3, 0.4) is 0 Å². The zero-order valence-electron chi connectivity index (χ0n) is 14.7. The van der Waals surface area contributed by atoms with E-state index in [1.807, 2.05) is 19.1 Å². The van der Waals surface area contributed by atoms with Gasteiger partial charge in [-0.2, -0.15) is 0 Å². The summed E-state index contributed by atoms with van der Waals surface area (Å²) in [6, 6.07) is 5.73. The van der Waals surface area contributed by atoms with Crippen LogP contribution in [0, 0.1) is 6.92 Å². The molecule has 0 spiro atoms. The number of hydrogen-bond donors (Lipinski definition) is 1. The van der Waals surface area contributed by atoms with Gasteiger partial charge < -0.3 is 5.32 Å². The highest BCUT2D eigenvalue weighted by Crippen LogP contribution is 2.20. The third kappa shape index (κ3) is 4.68. The van der Waals surface area contributed by atoms with Crippen LogP contribution in [0.4, 0.5) is 0 Å². The molecule has 0 bridgehead atoms. The molecule has 0 saturated heterocycles. The van der Waals surface area contributed by atoms with E-state index in [0.717, 1.165) is 18.4 Å². The number of nitrogens with one attached hydrogen (secondary N) is 1. The minimum absolute atomic E-state index is 0.0446. The number of benzene rings is 1. The van der Waals surface area contributed by atoms with Gasteiger partial charge in [0.1, 0.15) is 0 Å². The zero-order valence-corrected chi connectivity index (χ0v) is 16.3. The number of aromatic nitrogens is 2. The van der Waals surface area contributed by atoms with Gasteiger partial charge in [-0.05, 0) is 37.5 Å². The highest BCUT2D eigenvalue weighted by Gasteiger charge is 2.16. The fourth-order valence-corrected chi connectivity index (χ4v) is 3.96. The van der Waals surface area contributed by atoms with E-state index < -0.39 is 0 Å². The normalized spacial score (nSPS) is 15.0. The molecule has 0 radical (unpaired) electrons. The highest BCUT2D eigenvalue weighted by atomic mass is 35.5. The number of carbonyl (C=O) groups is 1. The smallest absolute Gasteiger partial charge is 0.287 e. The first-order chi connectivity index (χ1) is 12.5. The molecule has 1 N–H and O–H groups in total. The Morgan fingerprint density at radius 1 is 1.35 bits per heavy atom. The van der Waals surface area contributed by atoms with Gasteiger partial charge in [-0.15, -0.1) is 0 Å². The Bertz CT molecular complexity index is 847. The van der Waals surface area contributed by atoms with Crippen molar-refractivity contribution in [3.63, 3.8) is 0 Å². The first kappa shape index (κ1) is 19.0. The number of rotatable bonds is 5. The summed E-state index contributed by atoms with van der Waals surface area (Å²) in [5, 5.41) is 3.97. The highest BCUT2D eigenvalue weighted by molar-refractivity contribution is 7.99. The van der Waals surface area contributed by atoms with E-state index in [-0.39, 0.29) is 23.3 Å². The van der Waals surface area contributed by atoms with Gasteiger partial charge in [-0.25, -0.2) is 4.98 Å². The molecule has 2 aromatic rings. The lowest BCUT2D eigenvalue weighted by Crippen LogP contribution is -2.37. The molecule has 0 unspecified atom stereocenters. The van der Waals surface area contributed by atoms with Gasteiger partial charge in [0.05, 0.1) is 11.4 Å². The minimum Gasteiger partial charge on any atom is -0.353 e. The summed E-state index contributed by atoms with van der Waals surface area (Å²) >= 11 is 7.33. The fourth-order valence-electron chi connectivity index (χ4n) is 3.08. The quantitative estimate of drug-likeness (QED) is 0.788. The third-order valence-electron chi connectivity index (χ3n) is 4.55. The molecule has 138 valence electrons. The van der Waals surface area contributed by atoms with Crippen molar-refractivity contribution in [2.75, 3.05) is 5.75 Å². The molecular formula is C19H22ClN3O2S. The van der Waals surface area contributed by atoms with E-state index in [2.05, 4.69) is 10.3 Å². The van der Waals surface area contributed by atoms with Crippen molar-refractivity contribution >= 4 is 29.3 Å². The van der Waals surface area contributed by atoms with E-state index in [0.29, 0.717) is 15.7 Å². The van der Waals surface area contributed by atoms with Crippen LogP contribution < -0.4 is 10.9 Å². The molecule has 1 aromatic carbocycles. The van der Waals surface area contributed by atoms with Crippen LogP contribution >= 0.6 is 23.4 Å². The topological polar surface area (TPSA) is 64.0 Å². The van der Waals surface area contributed by atoms with Crippen molar-refractivity contribution < 1.29 is 4.79 Å². The van der Waals surface area contributed by atoms with E-state index >= 15 is 0 Å². The van der Waals surface area contributed by atoms with E-state index in [1.165, 1.54) is 35.6 Å². The number of thioether (sulfide) groups is 1. The van der Waals surface area contributed by atoms with Crippen LogP contribution in [0.15, 0.2) is 40.4 Å². The van der Waals surface area contributed by atoms with Gasteiger partial charge in [-0.3, -0.25) is 14.2 Å². The Morgan fingerprint density at radius 2 is 2.12 bits per heavy atom. The van der Waals surface area contributed by atoms with Crippen LogP contribution in [0.25, 0.3) is 5.69 Å². The Labute approximate surface area is 162 Å². The van der Waals surface area contributed by atoms with Gasteiger partial charge in [0.2, 0.25) is 5.91 Å². The van der Waals surface area contributed by atoms with Gasteiger partial charge in [0.25, 0.3) is 5.56 Å². The molecule has 3 rings (SSSR count). The monoisotopic (exact) mass is 391 g/mol. The van der Waals surface area contributed by atoms with Crippen LogP contribution in [0.2, 0.25) is 5.02 Å². The van der Waals surface area contributed by atoms with Crippen LogP contribution in [0.5, 0.6) is 0 Å². The summed E-state index contributed by atoms with van der Waals surface area (Å²) in [4.78, 5) is 29.0. The Kier molecular flexibility index (Phi) is 6.38. The largest absolute Gasteiger partial charge is 0.353 e. The molecule has 5 nitrogen and oxygen atoms in total. The summed E-state index contributed by atoms with van der Waals surface area (Å²) in [5.41, 5.74) is 1.39. The summed E-state index contributed by atoms with van der Waals surface area (Å²) in [6.07, 6.45) is 8.84. The Balaban J connectivity index is 1.68. The molecule has 0 atom stereocenters. The molecular weight excluding hydrogens is 370 g/mol. The maximum atomic E-state index is 12.7. The van der Waals surface area contributed by atoms with Gasteiger partial charge in [0, 0.05) is 23.5 Å². The molecule has 1 saturated carbocycles. The number of hydrogen-bond acceptors (Lipinski definition) is 4. The van der Waals surface area contributed by atoms with Crippen LogP contribution in [-0.2, 0) is 4.79 Å². The summed E-state index contributed by atoms with van der Waals surface area (Å²) in [6.45, 7) is 1.91. The lowest BCUT2D eigenvalue weighted by Gasteiger charge is -2.22. The molecule has 1 aromatic heterocycles. The van der Waals surface area contributed by atoms with Crippen LogP contribution in [0.1, 0.15) is 37.7 Å². The first-order valence-corrected chi connectivity index (χ1v) is 10.2. The van der Waals surface area contributed by atoms with E-state index in [1.54, 1.807) is 18.5 Å². The number of halogens is 1. The second-order valence-electron chi connectivity index (χ2n) is 6.53. The lowest BCUT2D eigenvalue weighted by atomic mass is 9.95. The van der Waals surface area contributed by atoms with Crippen molar-refractivity contribution in [2.24, 2.45) is 0 Å². The second-order valence-corrected chi connectivity index (χ2v) is 7.90. The molecule has 1 amide bonds. The molecule has 1 aliphatic rings. The van der Waals surface area contributed by atoms with Crippen molar-refractivity contribution in [2.45, 2.75) is 50.1 Å². The molecule has 1 aliphatic carbocycles. The van der Waals surface area contributed by atoms with Gasteiger partial charge in [0.15, 0.2) is 5.03 Å². The minimum atomic E-state index is -0.247. The second kappa shape index (κ2) is 8.73. The third-order valence-corrected chi connectivity index (χ3v) is 5.92. The molecule has 26 heavy (non-hydrogen) atoms. The zero-order chi connectivity index (χ0) is 18.5. The molecule has 1 fully saturated rings. The number of amides is 1. The summed E-state index contributed by atoms with van der Waals surface area (Å²) in [5.74, 6) is 0.147. The number of nitrogens with zero attached hydrogens (tertiary/aromatic N) is 2. The fraction of sp³-hybridized carbons (Fsp3) is 0.421. The Hall–Kier alpha value is -1.79. The standard InChI is InChI=1S/C19H22ClN3O2S/c1-13-7-8-15(11-16(13)20)23-10-9-21-18(19(23)25)26-12-17(24)22-14-5-3-2-4-6-14/h7-11,14H,2-6,12H2,1H3,(H,22,24). The van der Waals surface area contributed by atoms with Gasteiger partial charge >= 0.3 is 0 Å². The van der Waals surface area contributed by atoms with Crippen molar-refractivity contribution in [1.82, 2.24) is 14.9 Å². The predicted molar refractivity (Wildman–Crippen MR) is 105 cm³/mol. The maximum absolute atomic E-state index is 12.7. The summed E-state index contributed by atoms with van der Waals surface area (Å²) in [7, 11) is 0. The van der Waals surface area contributed by atoms with Crippen molar-refractivity contribution in [1.29, 1.82) is 0 Å². The van der Waals surface area contributed by atoms with E-state index in [4.69, 9.17) is 11.6 Å². The number of carbonyl (C=O) groups excluding carboxylic acids is 1. The average molecular weight is 392 g/mol. The van der Waals surface area contributed by atoms with Crippen molar-refractivity contribution in [3.8, 4) is 5.69 Å². The van der Waals surface area contributed by atoms with Gasteiger partial charge in [-0.1, -0.05) is 48.7 Å². The van der Waals surface area contributed by atoms with Crippen LogP contribution in [-0.4, -0.2) is 27.3 Å². The Morgan fingerprint density at radius 3 is 2.85 bits per heavy atom. The SMILES string of the molecule is Cc1ccc(-n2ccnc(SCC(=O)NC3CCCCC3)c2=O)cc1Cl. The molecule has 1 heterocycles. The maximum Gasteiger partial charge on any atom is 0.287 e. The van der Waals surface area contributed by atoms with E-state index in [9.17, 15) is 9.59 Å². The lowest BCUT2D eigenvalue weighted by molar-refractivity contribution is -0.119. The first-order valence-electron chi connectivity index (χ1n) is 8.81. The summed E-state index contributed by atoms with van der Waals surface area (Å²) < 4.78 is 1.50. The average Bonchev–Trinajstić information content (AvgIpc) is 2.64. The molecule has 0 aliphatic heterocycles. The molecule has 7 heteroatoms. The predicted octanol–water partition coefficient (Wildman–Crippen LogP) is 3.74. The van der Waals surface area contributed by atoms with Crippen molar-refractivity contribution in [3.05, 3.63) is 51.5 Å². The number of aryl methyl sites for hydroxylation is 1.